The van der Waals surface area contributed by atoms with Crippen LogP contribution in [0.1, 0.15) is 160 Å². The Morgan fingerprint density at radius 1 is 0.784 bits per heavy atom. The Kier molecular flexibility index (Phi) is 15.9. The molecule has 51 heavy (non-hydrogen) atoms. The summed E-state index contributed by atoms with van der Waals surface area (Å²) in [6.07, 6.45) is 31.3. The molecule has 2 atom stereocenters. The molecule has 1 fully saturated rings. The van der Waals surface area contributed by atoms with Crippen molar-refractivity contribution in [2.45, 2.75) is 167 Å². The molecule has 2 aromatic heterocycles. The third-order valence-corrected chi connectivity index (χ3v) is 12.4. The number of fused-ring (bicyclic) bond motifs is 1. The van der Waals surface area contributed by atoms with Gasteiger partial charge in [0.1, 0.15) is 11.4 Å². The van der Waals surface area contributed by atoms with E-state index in [0.29, 0.717) is 26.6 Å². The molecular weight excluding hydrogens is 653 g/mol. The first-order valence-corrected chi connectivity index (χ1v) is 21.6. The van der Waals surface area contributed by atoms with Crippen molar-refractivity contribution in [3.63, 3.8) is 0 Å². The number of aromatic nitrogens is 3. The fourth-order valence-electron chi connectivity index (χ4n) is 7.43. The van der Waals surface area contributed by atoms with Gasteiger partial charge in [-0.05, 0) is 52.6 Å². The van der Waals surface area contributed by atoms with Gasteiger partial charge in [0.05, 0.1) is 9.52 Å². The molecule has 2 radical (unpaired) electrons. The summed E-state index contributed by atoms with van der Waals surface area (Å²) in [5, 5.41) is 0.813. The Hall–Kier alpha value is -2.67. The van der Waals surface area contributed by atoms with Crippen LogP contribution in [0.5, 0.6) is 5.75 Å². The molecule has 4 nitrogen and oxygen atoms in total. The zero-order valence-electron chi connectivity index (χ0n) is 31.8. The Morgan fingerprint density at radius 3 is 2.10 bits per heavy atom. The van der Waals surface area contributed by atoms with Gasteiger partial charge < -0.3 is 4.74 Å². The summed E-state index contributed by atoms with van der Waals surface area (Å²) in [6, 6.07) is 10.6. The number of halogens is 2. The highest BCUT2D eigenvalue weighted by molar-refractivity contribution is 6.56. The number of ether oxygens (including phenoxy) is 1. The number of benzene rings is 1. The van der Waals surface area contributed by atoms with Gasteiger partial charge in [0.15, 0.2) is 18.1 Å². The lowest BCUT2D eigenvalue weighted by Gasteiger charge is -2.15. The summed E-state index contributed by atoms with van der Waals surface area (Å²) in [5.41, 5.74) is 3.82. The van der Waals surface area contributed by atoms with Crippen molar-refractivity contribution in [3.8, 4) is 28.4 Å². The highest BCUT2D eigenvalue weighted by Crippen LogP contribution is 2.40. The van der Waals surface area contributed by atoms with E-state index in [0.717, 1.165) is 41.0 Å². The van der Waals surface area contributed by atoms with Gasteiger partial charge in [-0.1, -0.05) is 167 Å². The van der Waals surface area contributed by atoms with Crippen molar-refractivity contribution in [2.24, 2.45) is 11.8 Å². The molecule has 1 saturated carbocycles. The quantitative estimate of drug-likeness (QED) is 0.0647. The van der Waals surface area contributed by atoms with Crippen molar-refractivity contribution in [1.29, 1.82) is 0 Å². The molecule has 0 bridgehead atoms. The van der Waals surface area contributed by atoms with Crippen molar-refractivity contribution in [3.05, 3.63) is 54.0 Å². The van der Waals surface area contributed by atoms with E-state index in [9.17, 15) is 8.78 Å². The second-order valence-corrected chi connectivity index (χ2v) is 17.6. The summed E-state index contributed by atoms with van der Waals surface area (Å²) in [5.74, 6) is -0.578. The maximum absolute atomic E-state index is 14.9. The lowest BCUT2D eigenvalue weighted by atomic mass is 9.96. The molecule has 0 amide bonds. The summed E-state index contributed by atoms with van der Waals surface area (Å²) >= 11 is 0. The second kappa shape index (κ2) is 20.5. The highest BCUT2D eigenvalue weighted by Gasteiger charge is 2.45. The molecular formula is C44H63F2N3OSi. The van der Waals surface area contributed by atoms with E-state index >= 15 is 0 Å². The van der Waals surface area contributed by atoms with Gasteiger partial charge in [-0.3, -0.25) is 0 Å². The third kappa shape index (κ3) is 13.0. The minimum atomic E-state index is -3.11. The maximum Gasteiger partial charge on any atom is 0.326 e. The van der Waals surface area contributed by atoms with E-state index in [-0.39, 0.29) is 11.4 Å². The van der Waals surface area contributed by atoms with Gasteiger partial charge in [-0.15, -0.1) is 0 Å². The molecule has 2 aliphatic rings. The fourth-order valence-corrected chi connectivity index (χ4v) is 8.85. The van der Waals surface area contributed by atoms with Gasteiger partial charge in [0.2, 0.25) is 0 Å². The summed E-state index contributed by atoms with van der Waals surface area (Å²) in [4.78, 5) is 13.6. The van der Waals surface area contributed by atoms with Gasteiger partial charge in [-0.25, -0.2) is 15.0 Å². The molecule has 3 heterocycles. The van der Waals surface area contributed by atoms with Gasteiger partial charge >= 0.3 is 5.92 Å². The minimum absolute atomic E-state index is 0.266. The van der Waals surface area contributed by atoms with Gasteiger partial charge in [0.25, 0.3) is 0 Å². The third-order valence-electron chi connectivity index (χ3n) is 10.9. The number of hydrogen-bond donors (Lipinski definition) is 0. The first kappa shape index (κ1) is 39.5. The lowest BCUT2D eigenvalue weighted by Crippen LogP contribution is -2.22. The van der Waals surface area contributed by atoms with E-state index in [4.69, 9.17) is 4.74 Å². The van der Waals surface area contributed by atoms with Crippen LogP contribution in [0, 0.1) is 11.8 Å². The fraction of sp³-hybridized carbons (Fsp3) is 0.659. The number of nitrogens with zero attached hydrogens (tertiary/aromatic N) is 3. The Labute approximate surface area is 310 Å². The Balaban J connectivity index is 1.09. The topological polar surface area (TPSA) is 47.9 Å². The van der Waals surface area contributed by atoms with Gasteiger partial charge in [-0.2, -0.15) is 8.78 Å². The van der Waals surface area contributed by atoms with E-state index in [1.165, 1.54) is 128 Å². The molecule has 3 aromatic rings. The number of rotatable bonds is 25. The molecule has 0 N–H and O–H groups in total. The van der Waals surface area contributed by atoms with Crippen LogP contribution in [0.4, 0.5) is 8.78 Å². The standard InChI is InChI=1S/C44H63F2N3OSi/c1-4-5-13-18-33(2)19-14-11-12-15-20-34(3)51-40-29-39(49-42-41(40)50-32-44(42,45)46)43-47-30-38(31-48-43)37-27-25-36(26-28-37)22-17-10-8-6-7-9-16-21-35-23-24-35/h25-31,33-35H,4-24,32H2,1-3H3. The smallest absolute Gasteiger partial charge is 0.326 e. The molecule has 7 heteroatoms. The first-order valence-electron chi connectivity index (χ1n) is 20.6. The molecule has 1 aliphatic carbocycles. The van der Waals surface area contributed by atoms with Crippen LogP contribution in [0.15, 0.2) is 42.7 Å². The Bertz CT molecular complexity index is 1440. The average molecular weight is 716 g/mol. The molecule has 1 aliphatic heterocycles. The first-order chi connectivity index (χ1) is 24.8. The molecule has 2 unspecified atom stereocenters. The molecule has 0 spiro atoms. The number of unbranched alkanes of at least 4 members (excludes halogenated alkanes) is 11. The monoisotopic (exact) mass is 715 g/mol. The lowest BCUT2D eigenvalue weighted by molar-refractivity contribution is -0.0243. The van der Waals surface area contributed by atoms with E-state index in [1.54, 1.807) is 12.4 Å². The number of hydrogen-bond acceptors (Lipinski definition) is 4. The van der Waals surface area contributed by atoms with Crippen LogP contribution in [0.2, 0.25) is 5.54 Å². The van der Waals surface area contributed by atoms with Crippen molar-refractivity contribution in [1.82, 2.24) is 15.0 Å². The molecule has 278 valence electrons. The largest absolute Gasteiger partial charge is 0.485 e. The van der Waals surface area contributed by atoms with Gasteiger partial charge in [0, 0.05) is 18.0 Å². The number of aryl methyl sites for hydroxylation is 1. The van der Waals surface area contributed by atoms with Crippen LogP contribution < -0.4 is 9.92 Å². The normalized spacial score (nSPS) is 16.2. The van der Waals surface area contributed by atoms with Crippen LogP contribution >= 0.6 is 0 Å². The maximum atomic E-state index is 14.9. The molecule has 5 rings (SSSR count). The van der Waals surface area contributed by atoms with Crippen LogP contribution in [-0.4, -0.2) is 31.1 Å². The summed E-state index contributed by atoms with van der Waals surface area (Å²) in [7, 11) is 0.365. The Morgan fingerprint density at radius 2 is 1.41 bits per heavy atom. The van der Waals surface area contributed by atoms with Crippen LogP contribution in [0.3, 0.4) is 0 Å². The number of pyridine rings is 1. The SMILES string of the molecule is CCCCCC(C)CCCCCCC(C)[Si]c1cc(-c2ncc(-c3ccc(CCCCCCCCCC4CC4)cc3)cn2)nc2c1OCC2(F)F. The summed E-state index contributed by atoms with van der Waals surface area (Å²) in [6.45, 7) is 6.23. The van der Waals surface area contributed by atoms with Crippen molar-refractivity contribution >= 4 is 14.7 Å². The zero-order chi connectivity index (χ0) is 35.9. The predicted molar refractivity (Wildman–Crippen MR) is 209 cm³/mol. The highest BCUT2D eigenvalue weighted by atomic mass is 28.2. The predicted octanol–water partition coefficient (Wildman–Crippen LogP) is 12.5. The molecule has 1 aromatic carbocycles. The average Bonchev–Trinajstić information content (AvgIpc) is 3.91. The van der Waals surface area contributed by atoms with E-state index in [1.807, 2.05) is 6.07 Å². The van der Waals surface area contributed by atoms with Crippen molar-refractivity contribution < 1.29 is 13.5 Å². The van der Waals surface area contributed by atoms with Crippen molar-refractivity contribution in [2.75, 3.05) is 6.61 Å². The molecule has 0 saturated heterocycles. The van der Waals surface area contributed by atoms with Crippen LogP contribution in [0.25, 0.3) is 22.6 Å². The van der Waals surface area contributed by atoms with E-state index in [2.05, 4.69) is 60.0 Å². The van der Waals surface area contributed by atoms with Crippen LogP contribution in [-0.2, 0) is 12.3 Å². The van der Waals surface area contributed by atoms with E-state index < -0.39 is 12.5 Å². The zero-order valence-corrected chi connectivity index (χ0v) is 32.8. The number of alkyl halides is 2. The summed E-state index contributed by atoms with van der Waals surface area (Å²) < 4.78 is 35.4. The second-order valence-electron chi connectivity index (χ2n) is 15.8. The minimum Gasteiger partial charge on any atom is -0.485 e.